The van der Waals surface area contributed by atoms with Gasteiger partial charge in [-0.05, 0) is 6.07 Å². The first-order valence-electron chi connectivity index (χ1n) is 5.89. The predicted octanol–water partition coefficient (Wildman–Crippen LogP) is 11.9. The van der Waals surface area contributed by atoms with Crippen molar-refractivity contribution in [3.05, 3.63) is 54.9 Å². The molecule has 0 fully saturated rings. The van der Waals surface area contributed by atoms with E-state index in [-0.39, 0.29) is 111 Å². The lowest BCUT2D eigenvalue weighted by molar-refractivity contribution is 1.12. The van der Waals surface area contributed by atoms with Crippen LogP contribution in [0.4, 0.5) is 5.82 Å². The maximum Gasteiger partial charge on any atom is 0.158 e. The predicted molar refractivity (Wildman–Crippen MR) is 174 cm³/mol. The van der Waals surface area contributed by atoms with E-state index >= 15 is 0 Å². The van der Waals surface area contributed by atoms with Gasteiger partial charge in [-0.25, -0.2) is 24.9 Å². The Labute approximate surface area is 220 Å². The second-order valence-electron chi connectivity index (χ2n) is 3.97. The third-order valence-electron chi connectivity index (χ3n) is 2.70. The molecule has 1 aliphatic rings. The largest absolute Gasteiger partial charge is 0.244 e. The van der Waals surface area contributed by atoms with Crippen molar-refractivity contribution < 1.29 is 0 Å². The Balaban J connectivity index is -0.0000000164. The number of fused-ring (bicyclic) bond motifs is 2. The Morgan fingerprint density at radius 2 is 1.00 bits per heavy atom. The van der Waals surface area contributed by atoms with E-state index in [1.807, 2.05) is 36.7 Å². The first kappa shape index (κ1) is 85.8. The lowest BCUT2D eigenvalue weighted by atomic mass is 10.2. The van der Waals surface area contributed by atoms with E-state index < -0.39 is 0 Å². The van der Waals surface area contributed by atoms with Gasteiger partial charge in [0.1, 0.15) is 12.7 Å². The highest BCUT2D eigenvalue weighted by molar-refractivity contribution is 5.76. The van der Waals surface area contributed by atoms with Crippen LogP contribution in [-0.2, 0) is 6.42 Å². The number of para-hydroxylation sites is 1. The van der Waals surface area contributed by atoms with E-state index in [4.69, 9.17) is 0 Å². The lowest BCUT2D eigenvalue weighted by Crippen LogP contribution is -1.82. The van der Waals surface area contributed by atoms with Crippen LogP contribution in [0.15, 0.2) is 54.3 Å². The quantitative estimate of drug-likeness (QED) is 0.315. The minimum absolute atomic E-state index is 0. The van der Waals surface area contributed by atoms with Crippen LogP contribution in [0.5, 0.6) is 0 Å². The van der Waals surface area contributed by atoms with Crippen LogP contribution in [0.3, 0.4) is 0 Å². The smallest absolute Gasteiger partial charge is 0.158 e. The van der Waals surface area contributed by atoms with Gasteiger partial charge >= 0.3 is 0 Å². The van der Waals surface area contributed by atoms with Crippen molar-refractivity contribution >= 4 is 22.9 Å². The molecule has 2 aromatic heterocycles. The molecule has 4 rings (SSSR count). The molecule has 3 aromatic rings. The minimum Gasteiger partial charge on any atom is -0.244 e. The molecule has 0 spiro atoms. The van der Waals surface area contributed by atoms with Gasteiger partial charge in [0.25, 0.3) is 0 Å². The van der Waals surface area contributed by atoms with E-state index in [1.54, 1.807) is 12.5 Å². The molecular formula is C29H71N5. The third-order valence-corrected chi connectivity index (χ3v) is 2.70. The summed E-state index contributed by atoms with van der Waals surface area (Å²) >= 11 is 0. The van der Waals surface area contributed by atoms with Crippen molar-refractivity contribution in [2.75, 3.05) is 0 Å². The maximum absolute atomic E-state index is 4.07. The Bertz CT molecular complexity index is 663. The molecule has 1 aromatic carbocycles. The molecule has 0 bridgehead atoms. The van der Waals surface area contributed by atoms with E-state index in [1.165, 1.54) is 6.33 Å². The summed E-state index contributed by atoms with van der Waals surface area (Å²) in [5.74, 6) is 0.824. The van der Waals surface area contributed by atoms with Crippen LogP contribution in [0.25, 0.3) is 10.9 Å². The normalized spacial score (nSPS) is 6.59. The Morgan fingerprint density at radius 3 is 1.50 bits per heavy atom. The number of rotatable bonds is 0. The molecule has 5 heteroatoms. The van der Waals surface area contributed by atoms with Crippen LogP contribution in [-0.4, -0.2) is 26.2 Å². The standard InChI is InChI=1S/C8H6N2.C6H5N3.15CH4/c1-2-4-8-7(3-1)5-9-6-10-8;1-2-8-6-5(1)3-7-4-9-6;;;;;;;;;;;;;;;/h1-6H;2-4H,1H2;15*1H4. The summed E-state index contributed by atoms with van der Waals surface area (Å²) in [5.41, 5.74) is 2.12. The molecule has 0 atom stereocenters. The average Bonchev–Trinajstić information content (AvgIpc) is 2.96. The third kappa shape index (κ3) is 22.5. The number of hydrogen-bond donors (Lipinski definition) is 0. The molecule has 0 N–H and O–H groups in total. The Kier molecular flexibility index (Phi) is 111. The summed E-state index contributed by atoms with van der Waals surface area (Å²) in [6.07, 6.45) is 9.41. The van der Waals surface area contributed by atoms with Crippen molar-refractivity contribution in [1.29, 1.82) is 0 Å². The molecule has 3 heterocycles. The topological polar surface area (TPSA) is 63.9 Å². The van der Waals surface area contributed by atoms with E-state index in [9.17, 15) is 0 Å². The molecule has 0 aliphatic carbocycles. The summed E-state index contributed by atoms with van der Waals surface area (Å²) < 4.78 is 0. The fourth-order valence-corrected chi connectivity index (χ4v) is 1.77. The number of benzene rings is 1. The maximum atomic E-state index is 4.07. The molecule has 0 unspecified atom stereocenters. The van der Waals surface area contributed by atoms with Crippen LogP contribution in [0, 0.1) is 0 Å². The van der Waals surface area contributed by atoms with Crippen LogP contribution in [0.2, 0.25) is 0 Å². The second kappa shape index (κ2) is 44.1. The molecule has 1 aliphatic heterocycles. The summed E-state index contributed by atoms with van der Waals surface area (Å²) in [5, 5.41) is 1.09. The van der Waals surface area contributed by atoms with Gasteiger partial charge in [-0.15, -0.1) is 0 Å². The average molecular weight is 490 g/mol. The highest BCUT2D eigenvalue weighted by Crippen LogP contribution is 2.17. The lowest BCUT2D eigenvalue weighted by Gasteiger charge is -1.90. The van der Waals surface area contributed by atoms with Crippen molar-refractivity contribution in [3.63, 3.8) is 0 Å². The monoisotopic (exact) mass is 490 g/mol. The van der Waals surface area contributed by atoms with E-state index in [2.05, 4.69) is 24.9 Å². The van der Waals surface area contributed by atoms with Crippen LogP contribution >= 0.6 is 0 Å². The van der Waals surface area contributed by atoms with Gasteiger partial charge in [0.15, 0.2) is 5.82 Å². The van der Waals surface area contributed by atoms with E-state index in [0.29, 0.717) is 0 Å². The first-order valence-corrected chi connectivity index (χ1v) is 5.89. The highest BCUT2D eigenvalue weighted by Gasteiger charge is 2.04. The molecule has 0 saturated carbocycles. The fourth-order valence-electron chi connectivity index (χ4n) is 1.77. The highest BCUT2D eigenvalue weighted by atomic mass is 15.0. The Morgan fingerprint density at radius 1 is 0.529 bits per heavy atom. The van der Waals surface area contributed by atoms with Crippen molar-refractivity contribution in [1.82, 2.24) is 19.9 Å². The van der Waals surface area contributed by atoms with Crippen LogP contribution < -0.4 is 0 Å². The SMILES string of the molecule is C.C.C.C.C.C.C.C.C.C.C.C.C.C.C.C1=Nc2ncncc2C1.c1ccc2ncncc2c1. The zero-order valence-corrected chi connectivity index (χ0v) is 10.1. The number of nitrogens with zero attached hydrogens (tertiary/aromatic N) is 5. The first-order chi connectivity index (χ1) is 9.43. The van der Waals surface area contributed by atoms with Crippen molar-refractivity contribution in [2.45, 2.75) is 118 Å². The van der Waals surface area contributed by atoms with Gasteiger partial charge < -0.3 is 0 Å². The number of aromatic nitrogens is 4. The van der Waals surface area contributed by atoms with E-state index in [0.717, 1.165) is 28.7 Å². The van der Waals surface area contributed by atoms with Crippen molar-refractivity contribution in [2.24, 2.45) is 4.99 Å². The second-order valence-corrected chi connectivity index (χ2v) is 3.97. The molecule has 5 nitrogen and oxygen atoms in total. The summed E-state index contributed by atoms with van der Waals surface area (Å²) in [4.78, 5) is 19.8. The van der Waals surface area contributed by atoms with Crippen LogP contribution in [0.1, 0.15) is 117 Å². The zero-order valence-electron chi connectivity index (χ0n) is 10.1. The summed E-state index contributed by atoms with van der Waals surface area (Å²) in [6.45, 7) is 0. The fraction of sp³-hybridized carbons (Fsp3) is 0.552. The van der Waals surface area contributed by atoms with Crippen molar-refractivity contribution in [3.8, 4) is 0 Å². The molecule has 34 heavy (non-hydrogen) atoms. The van der Waals surface area contributed by atoms with Gasteiger partial charge in [-0.3, -0.25) is 0 Å². The Hall–Kier alpha value is -2.69. The molecule has 212 valence electrons. The van der Waals surface area contributed by atoms with Gasteiger partial charge in [-0.1, -0.05) is 130 Å². The van der Waals surface area contributed by atoms with Gasteiger partial charge in [0.2, 0.25) is 0 Å². The number of aliphatic imine (C=N–C) groups is 1. The molecule has 0 amide bonds. The molecular weight excluding hydrogens is 418 g/mol. The summed E-state index contributed by atoms with van der Waals surface area (Å²) in [7, 11) is 0. The number of hydrogen-bond acceptors (Lipinski definition) is 5. The van der Waals surface area contributed by atoms with Gasteiger partial charge in [0.05, 0.1) is 5.52 Å². The summed E-state index contributed by atoms with van der Waals surface area (Å²) in [6, 6.07) is 7.91. The molecule has 0 radical (unpaired) electrons. The van der Waals surface area contributed by atoms with Gasteiger partial charge in [-0.2, -0.15) is 0 Å². The van der Waals surface area contributed by atoms with Gasteiger partial charge in [0, 0.05) is 36.0 Å². The molecule has 0 saturated heterocycles. The zero-order chi connectivity index (χ0) is 12.9. The minimum atomic E-state index is 0.